The quantitative estimate of drug-likeness (QED) is 0.458. The number of Topliss-reactive ketones (excluding diaryl/α,β-unsaturated/α-hetero) is 1. The molecule has 2 aromatic rings. The van der Waals surface area contributed by atoms with E-state index in [4.69, 9.17) is 4.42 Å². The molecule has 0 saturated heterocycles. The fourth-order valence-electron chi connectivity index (χ4n) is 2.84. The van der Waals surface area contributed by atoms with E-state index in [1.54, 1.807) is 6.92 Å². The Kier molecular flexibility index (Phi) is 8.76. The molecule has 5 nitrogen and oxygen atoms in total. The van der Waals surface area contributed by atoms with E-state index in [9.17, 15) is 13.2 Å². The monoisotopic (exact) mass is 423 g/mol. The van der Waals surface area contributed by atoms with Crippen LogP contribution in [-0.4, -0.2) is 36.4 Å². The van der Waals surface area contributed by atoms with Gasteiger partial charge in [-0.3, -0.25) is 4.79 Å². The van der Waals surface area contributed by atoms with Gasteiger partial charge in [-0.25, -0.2) is 13.4 Å². The second-order valence-electron chi connectivity index (χ2n) is 6.98. The summed E-state index contributed by atoms with van der Waals surface area (Å²) in [6, 6.07) is 7.65. The number of aromatic nitrogens is 1. The number of thioether (sulfide) groups is 1. The Labute approximate surface area is 172 Å². The number of unbranched alkanes of at least 4 members (excludes halogenated alkanes) is 1. The third-order valence-electron chi connectivity index (χ3n) is 4.35. The molecule has 0 spiro atoms. The molecule has 0 saturated carbocycles. The molecule has 0 aliphatic heterocycles. The third-order valence-corrected chi connectivity index (χ3v) is 7.10. The zero-order valence-electron chi connectivity index (χ0n) is 16.9. The summed E-state index contributed by atoms with van der Waals surface area (Å²) in [6.07, 6.45) is 3.15. The first-order valence-electron chi connectivity index (χ1n) is 9.64. The molecule has 154 valence electrons. The van der Waals surface area contributed by atoms with Gasteiger partial charge in [0.15, 0.2) is 9.84 Å². The van der Waals surface area contributed by atoms with Gasteiger partial charge in [-0.1, -0.05) is 25.1 Å². The molecule has 0 atom stereocenters. The first kappa shape index (κ1) is 22.7. The van der Waals surface area contributed by atoms with Gasteiger partial charge < -0.3 is 4.42 Å². The highest BCUT2D eigenvalue weighted by Gasteiger charge is 2.22. The summed E-state index contributed by atoms with van der Waals surface area (Å²) in [5.41, 5.74) is 2.22. The highest BCUT2D eigenvalue weighted by molar-refractivity contribution is 7.99. The standard InChI is InChI=1S/C21H29NO4S2/c1-4-12-27-13-8-7-10-18(23)14-28(24,25)15-20-17(3)26-21(22-20)19-11-6-5-9-16(19)2/h5-6,9,11H,4,7-8,10,12-15H2,1-3H3. The first-order valence-corrected chi connectivity index (χ1v) is 12.6. The van der Waals surface area contributed by atoms with Crippen molar-refractivity contribution >= 4 is 27.4 Å². The fraction of sp³-hybridized carbons (Fsp3) is 0.524. The molecule has 0 aliphatic carbocycles. The Morgan fingerprint density at radius 3 is 2.61 bits per heavy atom. The topological polar surface area (TPSA) is 77.2 Å². The van der Waals surface area contributed by atoms with E-state index in [1.165, 1.54) is 0 Å². The SMILES string of the molecule is CCCSCCCCC(=O)CS(=O)(=O)Cc1nc(-c2ccccc2C)oc1C. The van der Waals surface area contributed by atoms with Gasteiger partial charge in [-0.05, 0) is 56.2 Å². The first-order chi connectivity index (χ1) is 13.3. The second kappa shape index (κ2) is 10.8. The van der Waals surface area contributed by atoms with Gasteiger partial charge >= 0.3 is 0 Å². The number of rotatable bonds is 12. The molecule has 0 amide bonds. The summed E-state index contributed by atoms with van der Waals surface area (Å²) >= 11 is 1.87. The lowest BCUT2D eigenvalue weighted by Crippen LogP contribution is -2.18. The van der Waals surface area contributed by atoms with Crippen LogP contribution in [0.15, 0.2) is 28.7 Å². The number of sulfone groups is 1. The number of oxazole rings is 1. The number of aryl methyl sites for hydroxylation is 2. The average molecular weight is 424 g/mol. The largest absolute Gasteiger partial charge is 0.441 e. The van der Waals surface area contributed by atoms with E-state index >= 15 is 0 Å². The van der Waals surface area contributed by atoms with E-state index in [2.05, 4.69) is 11.9 Å². The van der Waals surface area contributed by atoms with E-state index in [-0.39, 0.29) is 11.5 Å². The van der Waals surface area contributed by atoms with Crippen LogP contribution >= 0.6 is 11.8 Å². The van der Waals surface area contributed by atoms with Crippen molar-refractivity contribution in [1.82, 2.24) is 4.98 Å². The fourth-order valence-corrected chi connectivity index (χ4v) is 5.16. The zero-order chi connectivity index (χ0) is 20.6. The van der Waals surface area contributed by atoms with Crippen molar-refractivity contribution in [2.24, 2.45) is 0 Å². The minimum absolute atomic E-state index is 0.222. The Balaban J connectivity index is 1.92. The van der Waals surface area contributed by atoms with Crippen LogP contribution in [0.1, 0.15) is 49.6 Å². The minimum Gasteiger partial charge on any atom is -0.441 e. The minimum atomic E-state index is -3.56. The summed E-state index contributed by atoms with van der Waals surface area (Å²) in [6.45, 7) is 5.79. The number of carbonyl (C=O) groups is 1. The van der Waals surface area contributed by atoms with Crippen molar-refractivity contribution < 1.29 is 17.6 Å². The van der Waals surface area contributed by atoms with Crippen molar-refractivity contribution in [2.45, 2.75) is 52.2 Å². The Morgan fingerprint density at radius 1 is 1.14 bits per heavy atom. The molecule has 0 unspecified atom stereocenters. The molecular weight excluding hydrogens is 394 g/mol. The molecule has 1 aromatic carbocycles. The van der Waals surface area contributed by atoms with Gasteiger partial charge in [0.25, 0.3) is 0 Å². The number of hydrogen-bond acceptors (Lipinski definition) is 6. The highest BCUT2D eigenvalue weighted by atomic mass is 32.2. The summed E-state index contributed by atoms with van der Waals surface area (Å²) in [5, 5.41) is 0. The molecule has 1 aromatic heterocycles. The van der Waals surface area contributed by atoms with Crippen LogP contribution in [0.3, 0.4) is 0 Å². The maximum absolute atomic E-state index is 12.4. The van der Waals surface area contributed by atoms with Gasteiger partial charge in [0.2, 0.25) is 5.89 Å². The Bertz CT molecular complexity index is 888. The van der Waals surface area contributed by atoms with Crippen LogP contribution in [0.4, 0.5) is 0 Å². The van der Waals surface area contributed by atoms with Crippen LogP contribution < -0.4 is 0 Å². The summed E-state index contributed by atoms with van der Waals surface area (Å²) in [5.74, 6) is 2.12. The van der Waals surface area contributed by atoms with Gasteiger partial charge in [-0.15, -0.1) is 0 Å². The predicted molar refractivity (Wildman–Crippen MR) is 115 cm³/mol. The highest BCUT2D eigenvalue weighted by Crippen LogP contribution is 2.25. The van der Waals surface area contributed by atoms with Gasteiger partial charge in [0.1, 0.15) is 17.3 Å². The molecule has 0 radical (unpaired) electrons. The molecule has 0 aliphatic rings. The van der Waals surface area contributed by atoms with Crippen molar-refractivity contribution in [3.05, 3.63) is 41.3 Å². The second-order valence-corrected chi connectivity index (χ2v) is 10.3. The number of nitrogens with zero attached hydrogens (tertiary/aromatic N) is 1. The van der Waals surface area contributed by atoms with Crippen LogP contribution in [0, 0.1) is 13.8 Å². The molecule has 7 heteroatoms. The third kappa shape index (κ3) is 7.09. The van der Waals surface area contributed by atoms with Crippen LogP contribution in [0.25, 0.3) is 11.5 Å². The number of benzene rings is 1. The van der Waals surface area contributed by atoms with Crippen LogP contribution in [0.2, 0.25) is 0 Å². The molecule has 1 heterocycles. The lowest BCUT2D eigenvalue weighted by Gasteiger charge is -2.03. The maximum atomic E-state index is 12.4. The van der Waals surface area contributed by atoms with Crippen molar-refractivity contribution in [2.75, 3.05) is 17.3 Å². The van der Waals surface area contributed by atoms with Crippen LogP contribution in [-0.2, 0) is 20.4 Å². The predicted octanol–water partition coefficient (Wildman–Crippen LogP) is 4.76. The normalized spacial score (nSPS) is 11.7. The Hall–Kier alpha value is -1.60. The zero-order valence-corrected chi connectivity index (χ0v) is 18.5. The lowest BCUT2D eigenvalue weighted by atomic mass is 10.1. The number of ketones is 1. The molecule has 0 N–H and O–H groups in total. The lowest BCUT2D eigenvalue weighted by molar-refractivity contribution is -0.116. The average Bonchev–Trinajstić information content (AvgIpc) is 2.97. The molecule has 28 heavy (non-hydrogen) atoms. The molecule has 0 bridgehead atoms. The van der Waals surface area contributed by atoms with Gasteiger partial charge in [0, 0.05) is 12.0 Å². The smallest absolute Gasteiger partial charge is 0.226 e. The van der Waals surface area contributed by atoms with Gasteiger partial charge in [-0.2, -0.15) is 11.8 Å². The van der Waals surface area contributed by atoms with Crippen molar-refractivity contribution in [3.63, 3.8) is 0 Å². The number of hydrogen-bond donors (Lipinski definition) is 0. The van der Waals surface area contributed by atoms with Crippen LogP contribution in [0.5, 0.6) is 0 Å². The summed E-state index contributed by atoms with van der Waals surface area (Å²) in [4.78, 5) is 16.4. The van der Waals surface area contributed by atoms with Gasteiger partial charge in [0.05, 0.1) is 11.4 Å². The molecule has 2 rings (SSSR count). The van der Waals surface area contributed by atoms with E-state index < -0.39 is 15.6 Å². The Morgan fingerprint density at radius 2 is 1.89 bits per heavy atom. The van der Waals surface area contributed by atoms with Crippen molar-refractivity contribution in [3.8, 4) is 11.5 Å². The molecule has 0 fully saturated rings. The van der Waals surface area contributed by atoms with E-state index in [0.29, 0.717) is 23.8 Å². The summed E-state index contributed by atoms with van der Waals surface area (Å²) < 4.78 is 30.6. The van der Waals surface area contributed by atoms with Crippen molar-refractivity contribution in [1.29, 1.82) is 0 Å². The molecular formula is C21H29NO4S2. The number of carbonyl (C=O) groups excluding carboxylic acids is 1. The van der Waals surface area contributed by atoms with E-state index in [0.717, 1.165) is 41.9 Å². The maximum Gasteiger partial charge on any atom is 0.226 e. The van der Waals surface area contributed by atoms with E-state index in [1.807, 2.05) is 43.0 Å². The summed E-state index contributed by atoms with van der Waals surface area (Å²) in [7, 11) is -3.56.